The quantitative estimate of drug-likeness (QED) is 0.471. The maximum Gasteiger partial charge on any atom is 0.338 e. The van der Waals surface area contributed by atoms with E-state index in [1.807, 2.05) is 12.1 Å². The van der Waals surface area contributed by atoms with Crippen LogP contribution >= 0.6 is 34.8 Å². The van der Waals surface area contributed by atoms with Crippen molar-refractivity contribution in [2.45, 2.75) is 18.4 Å². The summed E-state index contributed by atoms with van der Waals surface area (Å²) in [6.07, 6.45) is 5.15. The molecular weight excluding hydrogens is 393 g/mol. The molecule has 0 saturated heterocycles. The summed E-state index contributed by atoms with van der Waals surface area (Å²) in [5.41, 5.74) is 3.11. The van der Waals surface area contributed by atoms with Crippen LogP contribution in [-0.2, 0) is 4.74 Å². The zero-order valence-corrected chi connectivity index (χ0v) is 16.2. The number of halogens is 3. The van der Waals surface area contributed by atoms with E-state index in [2.05, 4.69) is 17.5 Å². The van der Waals surface area contributed by atoms with E-state index in [0.717, 1.165) is 23.2 Å². The fourth-order valence-corrected chi connectivity index (χ4v) is 4.68. The van der Waals surface area contributed by atoms with Crippen LogP contribution in [-0.4, -0.2) is 13.1 Å². The van der Waals surface area contributed by atoms with Gasteiger partial charge < -0.3 is 10.1 Å². The van der Waals surface area contributed by atoms with Gasteiger partial charge in [-0.1, -0.05) is 59.1 Å². The Bertz CT molecular complexity index is 926. The van der Waals surface area contributed by atoms with Gasteiger partial charge in [0.05, 0.1) is 39.5 Å². The molecule has 2 aliphatic rings. The monoisotopic (exact) mass is 407 g/mol. The second-order valence-corrected chi connectivity index (χ2v) is 7.69. The number of fused-ring (bicyclic) bond motifs is 3. The molecule has 0 amide bonds. The molecule has 0 radical (unpaired) electrons. The van der Waals surface area contributed by atoms with E-state index in [4.69, 9.17) is 39.5 Å². The van der Waals surface area contributed by atoms with Crippen LogP contribution in [0.5, 0.6) is 0 Å². The Morgan fingerprint density at radius 3 is 2.73 bits per heavy atom. The number of hydrogen-bond acceptors (Lipinski definition) is 3. The molecule has 2 aromatic carbocycles. The summed E-state index contributed by atoms with van der Waals surface area (Å²) < 4.78 is 4.96. The van der Waals surface area contributed by atoms with Crippen LogP contribution in [0.15, 0.2) is 42.5 Å². The number of methoxy groups -OCH3 is 1. The molecule has 1 heterocycles. The zero-order valence-electron chi connectivity index (χ0n) is 13.9. The summed E-state index contributed by atoms with van der Waals surface area (Å²) in [6, 6.07) is 9.03. The lowest BCUT2D eigenvalue weighted by Gasteiger charge is -2.39. The number of nitrogens with one attached hydrogen (secondary N) is 1. The molecule has 3 nitrogen and oxygen atoms in total. The first kappa shape index (κ1) is 17.7. The van der Waals surface area contributed by atoms with Crippen molar-refractivity contribution in [1.29, 1.82) is 0 Å². The SMILES string of the molecule is COC(=O)c1ccc(Cl)c2c1[C@@H]1C=CC[C@@H]1[C@@H](c1cccc(Cl)c1Cl)N2. The van der Waals surface area contributed by atoms with Crippen molar-refractivity contribution < 1.29 is 9.53 Å². The van der Waals surface area contributed by atoms with Crippen molar-refractivity contribution in [2.75, 3.05) is 12.4 Å². The number of ether oxygens (including phenoxy) is 1. The van der Waals surface area contributed by atoms with Crippen LogP contribution in [0.4, 0.5) is 5.69 Å². The Labute approximate surface area is 166 Å². The molecule has 2 aromatic rings. The van der Waals surface area contributed by atoms with Crippen LogP contribution in [0.25, 0.3) is 0 Å². The molecule has 0 aromatic heterocycles. The van der Waals surface area contributed by atoms with Crippen molar-refractivity contribution in [1.82, 2.24) is 0 Å². The molecule has 3 atom stereocenters. The van der Waals surface area contributed by atoms with Crippen molar-refractivity contribution in [3.8, 4) is 0 Å². The molecule has 26 heavy (non-hydrogen) atoms. The van der Waals surface area contributed by atoms with Crippen LogP contribution < -0.4 is 5.32 Å². The highest BCUT2D eigenvalue weighted by atomic mass is 35.5. The molecule has 1 aliphatic carbocycles. The Hall–Kier alpha value is -1.68. The Morgan fingerprint density at radius 1 is 1.15 bits per heavy atom. The molecule has 0 fully saturated rings. The van der Waals surface area contributed by atoms with Crippen molar-refractivity contribution >= 4 is 46.5 Å². The average molecular weight is 409 g/mol. The molecule has 1 N–H and O–H groups in total. The van der Waals surface area contributed by atoms with E-state index in [0.29, 0.717) is 20.6 Å². The highest BCUT2D eigenvalue weighted by Gasteiger charge is 2.41. The number of hydrogen-bond donors (Lipinski definition) is 1. The second kappa shape index (κ2) is 6.80. The van der Waals surface area contributed by atoms with Gasteiger partial charge in [0, 0.05) is 5.92 Å². The van der Waals surface area contributed by atoms with Gasteiger partial charge in [-0.05, 0) is 41.7 Å². The van der Waals surface area contributed by atoms with E-state index in [1.54, 1.807) is 18.2 Å². The first-order valence-electron chi connectivity index (χ1n) is 8.30. The van der Waals surface area contributed by atoms with Crippen molar-refractivity contribution in [2.24, 2.45) is 5.92 Å². The van der Waals surface area contributed by atoms with Gasteiger partial charge in [0.2, 0.25) is 0 Å². The van der Waals surface area contributed by atoms with Gasteiger partial charge in [0.15, 0.2) is 0 Å². The standard InChI is InChI=1S/C20H16Cl3NO2/c1-26-20(25)12-8-9-15(22)19-16(12)10-4-2-5-11(10)18(24-19)13-6-3-7-14(21)17(13)23/h2-4,6-11,18,24H,5H2,1H3/t10-,11+,18+/m1/s1. The summed E-state index contributed by atoms with van der Waals surface area (Å²) in [4.78, 5) is 12.3. The fraction of sp³-hybridized carbons (Fsp3) is 0.250. The van der Waals surface area contributed by atoms with E-state index in [-0.39, 0.29) is 23.8 Å². The minimum Gasteiger partial charge on any atom is -0.465 e. The van der Waals surface area contributed by atoms with Gasteiger partial charge in [0.1, 0.15) is 0 Å². The molecular formula is C20H16Cl3NO2. The van der Waals surface area contributed by atoms with Gasteiger partial charge in [-0.2, -0.15) is 0 Å². The van der Waals surface area contributed by atoms with E-state index in [1.165, 1.54) is 7.11 Å². The number of carbonyl (C=O) groups is 1. The van der Waals surface area contributed by atoms with E-state index >= 15 is 0 Å². The largest absolute Gasteiger partial charge is 0.465 e. The van der Waals surface area contributed by atoms with Crippen LogP contribution in [0, 0.1) is 5.92 Å². The van der Waals surface area contributed by atoms with Crippen LogP contribution in [0.3, 0.4) is 0 Å². The summed E-state index contributed by atoms with van der Waals surface area (Å²) >= 11 is 19.2. The number of rotatable bonds is 2. The zero-order chi connectivity index (χ0) is 18.4. The third-order valence-electron chi connectivity index (χ3n) is 5.19. The van der Waals surface area contributed by atoms with Crippen molar-refractivity contribution in [3.63, 3.8) is 0 Å². The van der Waals surface area contributed by atoms with Crippen molar-refractivity contribution in [3.05, 3.63) is 74.2 Å². The molecule has 0 bridgehead atoms. The van der Waals surface area contributed by atoms with Gasteiger partial charge in [-0.3, -0.25) is 0 Å². The number of carbonyl (C=O) groups excluding carboxylic acids is 1. The molecule has 4 rings (SSSR count). The maximum absolute atomic E-state index is 12.3. The minimum atomic E-state index is -0.363. The predicted molar refractivity (Wildman–Crippen MR) is 106 cm³/mol. The third-order valence-corrected chi connectivity index (χ3v) is 6.34. The first-order chi connectivity index (χ1) is 12.5. The maximum atomic E-state index is 12.3. The number of anilines is 1. The predicted octanol–water partition coefficient (Wildman–Crippen LogP) is 6.26. The molecule has 6 heteroatoms. The molecule has 1 aliphatic heterocycles. The topological polar surface area (TPSA) is 38.3 Å². The highest BCUT2D eigenvalue weighted by Crippen LogP contribution is 2.53. The number of esters is 1. The lowest BCUT2D eigenvalue weighted by molar-refractivity contribution is 0.0598. The smallest absolute Gasteiger partial charge is 0.338 e. The normalized spacial score (nSPS) is 23.2. The second-order valence-electron chi connectivity index (χ2n) is 6.49. The summed E-state index contributed by atoms with van der Waals surface area (Å²) in [5.74, 6) is -0.0996. The first-order valence-corrected chi connectivity index (χ1v) is 9.44. The summed E-state index contributed by atoms with van der Waals surface area (Å²) in [6.45, 7) is 0. The molecule has 134 valence electrons. The minimum absolute atomic E-state index is 0.0547. The van der Waals surface area contributed by atoms with Gasteiger partial charge in [0.25, 0.3) is 0 Å². The fourth-order valence-electron chi connectivity index (χ4n) is 4.03. The summed E-state index contributed by atoms with van der Waals surface area (Å²) in [5, 5.41) is 5.15. The molecule has 0 saturated carbocycles. The molecule has 0 spiro atoms. The Kier molecular flexibility index (Phi) is 4.64. The number of allylic oxidation sites excluding steroid dienone is 2. The van der Waals surface area contributed by atoms with E-state index in [9.17, 15) is 4.79 Å². The third kappa shape index (κ3) is 2.70. The lowest BCUT2D eigenvalue weighted by Crippen LogP contribution is -2.31. The Balaban J connectivity index is 1.89. The van der Waals surface area contributed by atoms with Gasteiger partial charge in [-0.15, -0.1) is 0 Å². The van der Waals surface area contributed by atoms with Gasteiger partial charge >= 0.3 is 5.97 Å². The van der Waals surface area contributed by atoms with Crippen LogP contribution in [0.1, 0.15) is 39.9 Å². The Morgan fingerprint density at radius 2 is 1.96 bits per heavy atom. The molecule has 0 unspecified atom stereocenters. The van der Waals surface area contributed by atoms with Gasteiger partial charge in [-0.25, -0.2) is 4.79 Å². The van der Waals surface area contributed by atoms with Crippen LogP contribution in [0.2, 0.25) is 15.1 Å². The highest BCUT2D eigenvalue weighted by molar-refractivity contribution is 6.42. The average Bonchev–Trinajstić information content (AvgIpc) is 3.13. The van der Waals surface area contributed by atoms with E-state index < -0.39 is 0 Å². The number of benzene rings is 2. The summed E-state index contributed by atoms with van der Waals surface area (Å²) in [7, 11) is 1.39. The lowest BCUT2D eigenvalue weighted by atomic mass is 9.75.